The average Bonchev–Trinajstić information content (AvgIpc) is 2.71. The molecule has 1 aliphatic rings. The van der Waals surface area contributed by atoms with Crippen molar-refractivity contribution in [3.8, 4) is 0 Å². The van der Waals surface area contributed by atoms with Crippen molar-refractivity contribution in [3.63, 3.8) is 0 Å². The van der Waals surface area contributed by atoms with E-state index in [9.17, 15) is 9.59 Å². The molecule has 29 heavy (non-hydrogen) atoms. The van der Waals surface area contributed by atoms with Crippen LogP contribution in [0.4, 0.5) is 0 Å². The second kappa shape index (κ2) is 12.1. The van der Waals surface area contributed by atoms with Crippen molar-refractivity contribution < 1.29 is 28.5 Å². The van der Waals surface area contributed by atoms with E-state index < -0.39 is 0 Å². The summed E-state index contributed by atoms with van der Waals surface area (Å²) >= 11 is 0. The van der Waals surface area contributed by atoms with Gasteiger partial charge in [-0.25, -0.2) is 4.79 Å². The van der Waals surface area contributed by atoms with E-state index in [1.165, 1.54) is 0 Å². The zero-order valence-electron chi connectivity index (χ0n) is 17.2. The molecule has 0 amide bonds. The number of Topliss-reactive ketones (excluding diaryl/α,β-unsaturated/α-hetero) is 1. The quantitative estimate of drug-likeness (QED) is 0.419. The fourth-order valence-electron chi connectivity index (χ4n) is 2.72. The van der Waals surface area contributed by atoms with E-state index in [0.717, 1.165) is 22.3 Å². The van der Waals surface area contributed by atoms with Crippen molar-refractivity contribution in [1.82, 2.24) is 0 Å². The number of ether oxygens (including phenoxy) is 4. The Kier molecular flexibility index (Phi) is 9.50. The second-order valence-electron chi connectivity index (χ2n) is 6.60. The first-order valence-corrected chi connectivity index (χ1v) is 9.56. The Labute approximate surface area is 171 Å². The molecular formula is C23H28O6. The molecule has 0 bridgehead atoms. The van der Waals surface area contributed by atoms with Crippen molar-refractivity contribution >= 4 is 17.8 Å². The zero-order valence-corrected chi connectivity index (χ0v) is 17.2. The minimum atomic E-state index is -0.390. The lowest BCUT2D eigenvalue weighted by Crippen LogP contribution is -2.13. The van der Waals surface area contributed by atoms with Crippen LogP contribution >= 0.6 is 0 Å². The van der Waals surface area contributed by atoms with Gasteiger partial charge in [0.25, 0.3) is 0 Å². The van der Waals surface area contributed by atoms with Crippen LogP contribution in [0, 0.1) is 0 Å². The van der Waals surface area contributed by atoms with Gasteiger partial charge in [0.1, 0.15) is 6.61 Å². The molecule has 0 heterocycles. The molecule has 0 saturated heterocycles. The molecule has 156 valence electrons. The Morgan fingerprint density at radius 3 is 2.00 bits per heavy atom. The van der Waals surface area contributed by atoms with E-state index in [4.69, 9.17) is 18.9 Å². The Balaban J connectivity index is 1.75. The van der Waals surface area contributed by atoms with Crippen LogP contribution in [0.1, 0.15) is 29.8 Å². The van der Waals surface area contributed by atoms with Crippen LogP contribution in [0.15, 0.2) is 53.1 Å². The van der Waals surface area contributed by atoms with E-state index in [-0.39, 0.29) is 18.4 Å². The Morgan fingerprint density at radius 2 is 1.41 bits per heavy atom. The van der Waals surface area contributed by atoms with E-state index in [1.807, 2.05) is 44.2 Å². The third-order valence-corrected chi connectivity index (χ3v) is 4.23. The summed E-state index contributed by atoms with van der Waals surface area (Å²) in [4.78, 5) is 23.9. The van der Waals surface area contributed by atoms with Crippen molar-refractivity contribution in [2.75, 3.05) is 46.8 Å². The molecule has 0 aliphatic heterocycles. The van der Waals surface area contributed by atoms with Gasteiger partial charge in [0, 0.05) is 7.11 Å². The normalized spacial score (nSPS) is 13.8. The molecule has 1 aromatic carbocycles. The van der Waals surface area contributed by atoms with Gasteiger partial charge in [0.15, 0.2) is 5.78 Å². The number of allylic oxidation sites excluding steroid dienone is 5. The van der Waals surface area contributed by atoms with Crippen LogP contribution in [0.25, 0.3) is 6.08 Å². The minimum Gasteiger partial charge on any atom is -0.460 e. The highest BCUT2D eigenvalue weighted by molar-refractivity contribution is 6.09. The number of esters is 1. The third kappa shape index (κ3) is 7.77. The summed E-state index contributed by atoms with van der Waals surface area (Å²) in [5, 5.41) is 0. The molecule has 1 aliphatic carbocycles. The monoisotopic (exact) mass is 400 g/mol. The van der Waals surface area contributed by atoms with Crippen molar-refractivity contribution in [2.45, 2.75) is 13.8 Å². The summed E-state index contributed by atoms with van der Waals surface area (Å²) < 4.78 is 20.7. The second-order valence-corrected chi connectivity index (χ2v) is 6.60. The number of carbonyl (C=O) groups is 2. The Bertz CT molecular complexity index is 762. The first-order valence-electron chi connectivity index (χ1n) is 9.56. The SMILES string of the molecule is COCCOCCOCCOC(=O)c1ccc(C=C2C=C(C)C(=O)C(C)=C2)cc1. The summed E-state index contributed by atoms with van der Waals surface area (Å²) in [6, 6.07) is 7.14. The lowest BCUT2D eigenvalue weighted by Gasteiger charge is -2.10. The van der Waals surface area contributed by atoms with Gasteiger partial charge in [-0.2, -0.15) is 0 Å². The fourth-order valence-corrected chi connectivity index (χ4v) is 2.72. The number of hydrogen-bond acceptors (Lipinski definition) is 6. The highest BCUT2D eigenvalue weighted by Gasteiger charge is 2.12. The summed E-state index contributed by atoms with van der Waals surface area (Å²) in [5.74, 6) is -0.318. The minimum absolute atomic E-state index is 0.0721. The maximum Gasteiger partial charge on any atom is 0.338 e. The van der Waals surface area contributed by atoms with Crippen molar-refractivity contribution in [3.05, 3.63) is 64.3 Å². The molecule has 0 N–H and O–H groups in total. The highest BCUT2D eigenvalue weighted by Crippen LogP contribution is 2.20. The maximum absolute atomic E-state index is 12.1. The molecule has 0 unspecified atom stereocenters. The van der Waals surface area contributed by atoms with Crippen LogP contribution in [0.3, 0.4) is 0 Å². The molecule has 0 fully saturated rings. The van der Waals surface area contributed by atoms with Crippen LogP contribution in [-0.4, -0.2) is 58.5 Å². The third-order valence-electron chi connectivity index (χ3n) is 4.23. The number of rotatable bonds is 11. The number of methoxy groups -OCH3 is 1. The predicted octanol–water partition coefficient (Wildman–Crippen LogP) is 3.38. The van der Waals surface area contributed by atoms with E-state index >= 15 is 0 Å². The maximum atomic E-state index is 12.1. The Morgan fingerprint density at radius 1 is 0.862 bits per heavy atom. The molecule has 1 aromatic rings. The zero-order chi connectivity index (χ0) is 21.1. The molecular weight excluding hydrogens is 372 g/mol. The fraction of sp³-hybridized carbons (Fsp3) is 0.391. The lowest BCUT2D eigenvalue weighted by atomic mass is 9.94. The lowest BCUT2D eigenvalue weighted by molar-refractivity contribution is -0.112. The number of carbonyl (C=O) groups excluding carboxylic acids is 2. The average molecular weight is 400 g/mol. The van der Waals surface area contributed by atoms with Gasteiger partial charge in [-0.15, -0.1) is 0 Å². The van der Waals surface area contributed by atoms with Gasteiger partial charge >= 0.3 is 5.97 Å². The van der Waals surface area contributed by atoms with E-state index in [1.54, 1.807) is 19.2 Å². The number of hydrogen-bond donors (Lipinski definition) is 0. The van der Waals surface area contributed by atoms with Crippen LogP contribution in [-0.2, 0) is 23.7 Å². The topological polar surface area (TPSA) is 71.1 Å². The van der Waals surface area contributed by atoms with Crippen LogP contribution in [0.5, 0.6) is 0 Å². The molecule has 0 radical (unpaired) electrons. The highest BCUT2D eigenvalue weighted by atomic mass is 16.6. The molecule has 6 nitrogen and oxygen atoms in total. The van der Waals surface area contributed by atoms with E-state index in [2.05, 4.69) is 0 Å². The molecule has 2 rings (SSSR count). The largest absolute Gasteiger partial charge is 0.460 e. The first kappa shape index (κ1) is 22.7. The summed E-state index contributed by atoms with van der Waals surface area (Å²) in [6.07, 6.45) is 5.69. The number of ketones is 1. The van der Waals surface area contributed by atoms with Crippen molar-refractivity contribution in [2.24, 2.45) is 0 Å². The molecule has 0 aromatic heterocycles. The standard InChI is InChI=1S/C23H28O6/c1-17-14-20(15-18(2)22(17)24)16-19-4-6-21(7-5-19)23(25)29-13-12-28-11-10-27-9-8-26-3/h4-7,14-16H,8-13H2,1-3H3. The van der Waals surface area contributed by atoms with Gasteiger partial charge in [0.05, 0.1) is 38.6 Å². The van der Waals surface area contributed by atoms with Gasteiger partial charge in [-0.05, 0) is 66.5 Å². The smallest absolute Gasteiger partial charge is 0.338 e. The van der Waals surface area contributed by atoms with Crippen molar-refractivity contribution in [1.29, 1.82) is 0 Å². The van der Waals surface area contributed by atoms with Gasteiger partial charge in [-0.1, -0.05) is 12.1 Å². The van der Waals surface area contributed by atoms with E-state index in [0.29, 0.717) is 38.6 Å². The molecule has 6 heteroatoms. The predicted molar refractivity (Wildman–Crippen MR) is 111 cm³/mol. The van der Waals surface area contributed by atoms with Crippen LogP contribution in [0.2, 0.25) is 0 Å². The summed E-state index contributed by atoms with van der Waals surface area (Å²) in [6.45, 7) is 6.13. The van der Waals surface area contributed by atoms with Gasteiger partial charge < -0.3 is 18.9 Å². The molecule has 0 spiro atoms. The molecule has 0 atom stereocenters. The summed E-state index contributed by atoms with van der Waals surface area (Å²) in [5.41, 5.74) is 3.82. The van der Waals surface area contributed by atoms with Crippen LogP contribution < -0.4 is 0 Å². The first-order chi connectivity index (χ1) is 14.0. The van der Waals surface area contributed by atoms with Gasteiger partial charge in [0.2, 0.25) is 0 Å². The summed E-state index contributed by atoms with van der Waals surface area (Å²) in [7, 11) is 1.62. The molecule has 0 saturated carbocycles. The number of benzene rings is 1. The Hall–Kier alpha value is -2.54. The van der Waals surface area contributed by atoms with Gasteiger partial charge in [-0.3, -0.25) is 4.79 Å².